The number of hydrogen-bond donors (Lipinski definition) is 1. The van der Waals surface area contributed by atoms with Crippen molar-refractivity contribution in [1.29, 1.82) is 0 Å². The maximum Gasteiger partial charge on any atom is 0.252 e. The van der Waals surface area contributed by atoms with Crippen LogP contribution in [0.15, 0.2) is 12.3 Å². The van der Waals surface area contributed by atoms with E-state index in [1.807, 2.05) is 26.8 Å². The number of rotatable bonds is 4. The number of thiazole rings is 1. The second-order valence-corrected chi connectivity index (χ2v) is 6.40. The van der Waals surface area contributed by atoms with Gasteiger partial charge in [-0.05, 0) is 26.8 Å². The average molecular weight is 316 g/mol. The molecule has 0 radical (unpaired) electrons. The molecule has 3 heterocycles. The predicted octanol–water partition coefficient (Wildman–Crippen LogP) is 1.36. The largest absolute Gasteiger partial charge is 0.351 e. The maximum atomic E-state index is 12.0. The van der Waals surface area contributed by atoms with Crippen molar-refractivity contribution in [2.45, 2.75) is 33.7 Å². The summed E-state index contributed by atoms with van der Waals surface area (Å²) in [7, 11) is 0. The molecule has 0 unspecified atom stereocenters. The number of aromatic nitrogens is 5. The summed E-state index contributed by atoms with van der Waals surface area (Å²) < 4.78 is 1.65. The minimum atomic E-state index is -0.115. The molecule has 0 saturated heterocycles. The third-order valence-electron chi connectivity index (χ3n) is 3.11. The van der Waals surface area contributed by atoms with Gasteiger partial charge in [0.1, 0.15) is 0 Å². The van der Waals surface area contributed by atoms with E-state index < -0.39 is 0 Å². The Balaban J connectivity index is 1.67. The smallest absolute Gasteiger partial charge is 0.252 e. The van der Waals surface area contributed by atoms with E-state index in [1.165, 1.54) is 0 Å². The highest BCUT2D eigenvalue weighted by molar-refractivity contribution is 7.11. The molecule has 0 aliphatic carbocycles. The third kappa shape index (κ3) is 3.11. The van der Waals surface area contributed by atoms with Crippen molar-refractivity contribution in [3.05, 3.63) is 39.4 Å². The van der Waals surface area contributed by atoms with Crippen molar-refractivity contribution in [2.75, 3.05) is 0 Å². The van der Waals surface area contributed by atoms with Crippen LogP contribution in [0.3, 0.4) is 0 Å². The van der Waals surface area contributed by atoms with E-state index in [-0.39, 0.29) is 12.3 Å². The van der Waals surface area contributed by atoms with E-state index in [9.17, 15) is 4.79 Å². The number of carbonyl (C=O) groups excluding carboxylic acids is 1. The molecule has 3 aromatic heterocycles. The highest BCUT2D eigenvalue weighted by Gasteiger charge is 2.12. The van der Waals surface area contributed by atoms with E-state index >= 15 is 0 Å². The Labute approximate surface area is 131 Å². The number of fused-ring (bicyclic) bond motifs is 1. The molecule has 0 saturated carbocycles. The molecule has 7 nitrogen and oxygen atoms in total. The predicted molar refractivity (Wildman–Crippen MR) is 82.7 cm³/mol. The van der Waals surface area contributed by atoms with Gasteiger partial charge in [0, 0.05) is 22.5 Å². The Morgan fingerprint density at radius 1 is 1.32 bits per heavy atom. The van der Waals surface area contributed by atoms with Crippen LogP contribution < -0.4 is 5.32 Å². The molecule has 0 bridgehead atoms. The van der Waals surface area contributed by atoms with Crippen molar-refractivity contribution in [1.82, 2.24) is 29.9 Å². The fourth-order valence-electron chi connectivity index (χ4n) is 2.16. The Morgan fingerprint density at radius 3 is 2.86 bits per heavy atom. The van der Waals surface area contributed by atoms with Gasteiger partial charge in [-0.2, -0.15) is 4.98 Å². The van der Waals surface area contributed by atoms with Crippen LogP contribution in [0.25, 0.3) is 5.78 Å². The van der Waals surface area contributed by atoms with E-state index in [1.54, 1.807) is 22.0 Å². The van der Waals surface area contributed by atoms with Crippen LogP contribution in [-0.2, 0) is 17.8 Å². The Morgan fingerprint density at radius 2 is 2.14 bits per heavy atom. The summed E-state index contributed by atoms with van der Waals surface area (Å²) in [6.45, 7) is 6.26. The first kappa shape index (κ1) is 14.6. The van der Waals surface area contributed by atoms with Crippen molar-refractivity contribution in [3.8, 4) is 0 Å². The van der Waals surface area contributed by atoms with Gasteiger partial charge in [-0.15, -0.1) is 16.4 Å². The van der Waals surface area contributed by atoms with Gasteiger partial charge in [0.05, 0.1) is 18.0 Å². The van der Waals surface area contributed by atoms with Gasteiger partial charge in [-0.3, -0.25) is 4.79 Å². The normalized spacial score (nSPS) is 11.0. The van der Waals surface area contributed by atoms with Gasteiger partial charge in [-0.1, -0.05) is 0 Å². The number of nitrogens with one attached hydrogen (secondary N) is 1. The molecule has 22 heavy (non-hydrogen) atoms. The summed E-state index contributed by atoms with van der Waals surface area (Å²) in [5.74, 6) is 0.883. The lowest BCUT2D eigenvalue weighted by Crippen LogP contribution is -2.24. The maximum absolute atomic E-state index is 12.0. The molecule has 0 aromatic carbocycles. The number of carbonyl (C=O) groups is 1. The minimum absolute atomic E-state index is 0.115. The summed E-state index contributed by atoms with van der Waals surface area (Å²) in [6, 6.07) is 1.93. The van der Waals surface area contributed by atoms with Crippen LogP contribution in [0.2, 0.25) is 0 Å². The molecule has 114 valence electrons. The lowest BCUT2D eigenvalue weighted by Gasteiger charge is -2.00. The first-order chi connectivity index (χ1) is 10.5. The Kier molecular flexibility index (Phi) is 3.84. The molecular formula is C14H16N6OS. The Hall–Kier alpha value is -2.35. The van der Waals surface area contributed by atoms with E-state index in [4.69, 9.17) is 0 Å². The second kappa shape index (κ2) is 5.80. The molecule has 0 aliphatic heterocycles. The van der Waals surface area contributed by atoms with E-state index in [0.717, 1.165) is 21.3 Å². The molecular weight excluding hydrogens is 300 g/mol. The zero-order valence-corrected chi connectivity index (χ0v) is 13.4. The average Bonchev–Trinajstić information content (AvgIpc) is 3.02. The van der Waals surface area contributed by atoms with Gasteiger partial charge in [0.15, 0.2) is 5.82 Å². The number of nitrogens with zero attached hydrogens (tertiary/aromatic N) is 5. The zero-order chi connectivity index (χ0) is 15.7. The zero-order valence-electron chi connectivity index (χ0n) is 12.6. The first-order valence-electron chi connectivity index (χ1n) is 6.89. The molecule has 1 N–H and O–H groups in total. The van der Waals surface area contributed by atoms with Crippen LogP contribution in [0, 0.1) is 20.8 Å². The summed E-state index contributed by atoms with van der Waals surface area (Å²) in [6.07, 6.45) is 1.92. The standard InChI is InChI=1S/C14H16N6OS/c1-8-4-9(2)20-14(17-8)18-12(19-20)5-13(21)16-7-11-6-15-10(3)22-11/h4,6H,5,7H2,1-3H3,(H,16,21). The highest BCUT2D eigenvalue weighted by Crippen LogP contribution is 2.11. The van der Waals surface area contributed by atoms with Crippen molar-refractivity contribution in [2.24, 2.45) is 0 Å². The van der Waals surface area contributed by atoms with Gasteiger partial charge in [-0.25, -0.2) is 14.5 Å². The molecule has 1 amide bonds. The molecule has 0 fully saturated rings. The molecule has 3 rings (SSSR count). The molecule has 3 aromatic rings. The van der Waals surface area contributed by atoms with Gasteiger partial charge in [0.2, 0.25) is 5.91 Å². The quantitative estimate of drug-likeness (QED) is 0.785. The van der Waals surface area contributed by atoms with Crippen LogP contribution in [0.5, 0.6) is 0 Å². The molecule has 0 aliphatic rings. The van der Waals surface area contributed by atoms with Crippen molar-refractivity contribution in [3.63, 3.8) is 0 Å². The fourth-order valence-corrected chi connectivity index (χ4v) is 2.90. The lowest BCUT2D eigenvalue weighted by atomic mass is 10.4. The minimum Gasteiger partial charge on any atom is -0.351 e. The molecule has 0 spiro atoms. The topological polar surface area (TPSA) is 85.1 Å². The van der Waals surface area contributed by atoms with Crippen LogP contribution in [-0.4, -0.2) is 30.5 Å². The molecule has 8 heteroatoms. The first-order valence-corrected chi connectivity index (χ1v) is 7.71. The van der Waals surface area contributed by atoms with Gasteiger partial charge < -0.3 is 5.32 Å². The van der Waals surface area contributed by atoms with E-state index in [2.05, 4.69) is 25.4 Å². The lowest BCUT2D eigenvalue weighted by molar-refractivity contribution is -0.120. The second-order valence-electron chi connectivity index (χ2n) is 5.08. The van der Waals surface area contributed by atoms with Crippen LogP contribution >= 0.6 is 11.3 Å². The van der Waals surface area contributed by atoms with E-state index in [0.29, 0.717) is 18.1 Å². The number of amides is 1. The summed E-state index contributed by atoms with van der Waals surface area (Å²) in [5, 5.41) is 8.17. The number of hydrogen-bond acceptors (Lipinski definition) is 6. The van der Waals surface area contributed by atoms with Crippen LogP contribution in [0.4, 0.5) is 0 Å². The summed E-state index contributed by atoms with van der Waals surface area (Å²) in [5.41, 5.74) is 1.83. The highest BCUT2D eigenvalue weighted by atomic mass is 32.1. The molecule has 0 atom stereocenters. The fraction of sp³-hybridized carbons (Fsp3) is 0.357. The van der Waals surface area contributed by atoms with Crippen molar-refractivity contribution < 1.29 is 4.79 Å². The van der Waals surface area contributed by atoms with Gasteiger partial charge >= 0.3 is 0 Å². The van der Waals surface area contributed by atoms with Crippen LogP contribution in [0.1, 0.15) is 27.1 Å². The van der Waals surface area contributed by atoms with Gasteiger partial charge in [0.25, 0.3) is 5.78 Å². The summed E-state index contributed by atoms with van der Waals surface area (Å²) in [4.78, 5) is 25.8. The monoisotopic (exact) mass is 316 g/mol. The summed E-state index contributed by atoms with van der Waals surface area (Å²) >= 11 is 1.57. The Bertz CT molecular complexity index is 837. The SMILES string of the molecule is Cc1cc(C)n2nc(CC(=O)NCc3cnc(C)s3)nc2n1. The number of aryl methyl sites for hydroxylation is 3. The third-order valence-corrected chi connectivity index (χ3v) is 4.02. The van der Waals surface area contributed by atoms with Crippen molar-refractivity contribution >= 4 is 23.0 Å².